The van der Waals surface area contributed by atoms with Crippen LogP contribution in [-0.2, 0) is 0 Å². The number of benzene rings is 1. The molecular formula is C9H11FN2. The predicted molar refractivity (Wildman–Crippen MR) is 48.4 cm³/mol. The van der Waals surface area contributed by atoms with E-state index >= 15 is 0 Å². The molecule has 3 heteroatoms. The Labute approximate surface area is 70.9 Å². The molecular weight excluding hydrogens is 155 g/mol. The van der Waals surface area contributed by atoms with Gasteiger partial charge in [0.05, 0.1) is 5.69 Å². The van der Waals surface area contributed by atoms with Crippen LogP contribution < -0.4 is 5.32 Å². The predicted octanol–water partition coefficient (Wildman–Crippen LogP) is 2.26. The summed E-state index contributed by atoms with van der Waals surface area (Å²) in [6, 6.07) is 4.69. The molecule has 0 bridgehead atoms. The smallest absolute Gasteiger partial charge is 0.146 e. The highest BCUT2D eigenvalue weighted by Crippen LogP contribution is 2.19. The summed E-state index contributed by atoms with van der Waals surface area (Å²) in [5.74, 6) is -0.318. The highest BCUT2D eigenvalue weighted by atomic mass is 19.1. The topological polar surface area (TPSA) is 35.9 Å². The summed E-state index contributed by atoms with van der Waals surface area (Å²) < 4.78 is 13.1. The number of hydrogen-bond donors (Lipinski definition) is 2. The molecule has 0 saturated carbocycles. The van der Waals surface area contributed by atoms with Crippen LogP contribution in [0.4, 0.5) is 10.1 Å². The highest BCUT2D eigenvalue weighted by Gasteiger charge is 2.06. The molecule has 1 rings (SSSR count). The molecule has 0 aliphatic heterocycles. The van der Waals surface area contributed by atoms with Gasteiger partial charge in [0.1, 0.15) is 5.82 Å². The summed E-state index contributed by atoms with van der Waals surface area (Å²) in [4.78, 5) is 0. The molecule has 0 amide bonds. The van der Waals surface area contributed by atoms with Gasteiger partial charge in [-0.05, 0) is 13.0 Å². The molecule has 0 unspecified atom stereocenters. The van der Waals surface area contributed by atoms with Gasteiger partial charge < -0.3 is 10.7 Å². The van der Waals surface area contributed by atoms with E-state index in [1.54, 1.807) is 26.1 Å². The lowest BCUT2D eigenvalue weighted by atomic mass is 10.1. The molecule has 0 atom stereocenters. The summed E-state index contributed by atoms with van der Waals surface area (Å²) in [5, 5.41) is 10.1. The maximum absolute atomic E-state index is 13.1. The van der Waals surface area contributed by atoms with Gasteiger partial charge in [-0.3, -0.25) is 0 Å². The molecule has 1 aromatic carbocycles. The van der Waals surface area contributed by atoms with Crippen LogP contribution in [-0.4, -0.2) is 12.8 Å². The first-order valence-corrected chi connectivity index (χ1v) is 3.68. The number of hydrogen-bond acceptors (Lipinski definition) is 2. The van der Waals surface area contributed by atoms with Crippen LogP contribution in [0, 0.1) is 11.2 Å². The quantitative estimate of drug-likeness (QED) is 0.649. The zero-order valence-corrected chi connectivity index (χ0v) is 7.11. The van der Waals surface area contributed by atoms with E-state index in [-0.39, 0.29) is 5.82 Å². The lowest BCUT2D eigenvalue weighted by Crippen LogP contribution is -2.02. The molecule has 0 spiro atoms. The second-order valence-corrected chi connectivity index (χ2v) is 2.54. The van der Waals surface area contributed by atoms with Crippen LogP contribution >= 0.6 is 0 Å². The van der Waals surface area contributed by atoms with E-state index in [1.807, 2.05) is 0 Å². The van der Waals surface area contributed by atoms with E-state index in [0.29, 0.717) is 17.0 Å². The van der Waals surface area contributed by atoms with Gasteiger partial charge in [0.2, 0.25) is 0 Å². The van der Waals surface area contributed by atoms with Crippen LogP contribution in [0.1, 0.15) is 12.5 Å². The molecule has 0 aliphatic rings. The van der Waals surface area contributed by atoms with Gasteiger partial charge in [-0.2, -0.15) is 0 Å². The number of nitrogens with one attached hydrogen (secondary N) is 2. The Hall–Kier alpha value is -1.38. The van der Waals surface area contributed by atoms with Crippen molar-refractivity contribution in [2.24, 2.45) is 0 Å². The number of anilines is 1. The van der Waals surface area contributed by atoms with Crippen molar-refractivity contribution < 1.29 is 4.39 Å². The molecule has 0 aliphatic carbocycles. The first-order valence-electron chi connectivity index (χ1n) is 3.68. The van der Waals surface area contributed by atoms with Crippen molar-refractivity contribution in [3.05, 3.63) is 29.6 Å². The monoisotopic (exact) mass is 166 g/mol. The van der Waals surface area contributed by atoms with E-state index in [1.165, 1.54) is 6.07 Å². The van der Waals surface area contributed by atoms with Gasteiger partial charge in [-0.25, -0.2) is 4.39 Å². The van der Waals surface area contributed by atoms with Gasteiger partial charge in [-0.1, -0.05) is 12.1 Å². The number of halogens is 1. The molecule has 0 saturated heterocycles. The van der Waals surface area contributed by atoms with Gasteiger partial charge in [0.25, 0.3) is 0 Å². The molecule has 2 N–H and O–H groups in total. The van der Waals surface area contributed by atoms with Crippen LogP contribution in [0.3, 0.4) is 0 Å². The zero-order valence-electron chi connectivity index (χ0n) is 7.11. The second-order valence-electron chi connectivity index (χ2n) is 2.54. The van der Waals surface area contributed by atoms with Gasteiger partial charge in [0.15, 0.2) is 0 Å². The van der Waals surface area contributed by atoms with E-state index in [4.69, 9.17) is 5.41 Å². The van der Waals surface area contributed by atoms with Crippen LogP contribution in [0.2, 0.25) is 0 Å². The number of rotatable bonds is 2. The van der Waals surface area contributed by atoms with Crippen LogP contribution in [0.15, 0.2) is 18.2 Å². The third kappa shape index (κ3) is 1.44. The Balaban J connectivity index is 3.27. The van der Waals surface area contributed by atoms with Crippen molar-refractivity contribution in [3.8, 4) is 0 Å². The molecule has 64 valence electrons. The van der Waals surface area contributed by atoms with Gasteiger partial charge >= 0.3 is 0 Å². The maximum atomic E-state index is 13.1. The summed E-state index contributed by atoms with van der Waals surface area (Å²) in [5.41, 5.74) is 1.36. The average molecular weight is 166 g/mol. The third-order valence-corrected chi connectivity index (χ3v) is 1.67. The van der Waals surface area contributed by atoms with Crippen molar-refractivity contribution in [2.45, 2.75) is 6.92 Å². The first kappa shape index (κ1) is 8.71. The van der Waals surface area contributed by atoms with Gasteiger partial charge in [0, 0.05) is 18.3 Å². The Kier molecular flexibility index (Phi) is 2.43. The summed E-state index contributed by atoms with van der Waals surface area (Å²) in [7, 11) is 1.64. The minimum absolute atomic E-state index is 0.318. The standard InChI is InChI=1S/C9H11FN2/c1-6(11)7-4-3-5-8(10)9(7)12-2/h3-5,11-12H,1-2H3. The lowest BCUT2D eigenvalue weighted by molar-refractivity contribution is 0.631. The second kappa shape index (κ2) is 3.34. The lowest BCUT2D eigenvalue weighted by Gasteiger charge is -2.07. The minimum Gasteiger partial charge on any atom is -0.385 e. The summed E-state index contributed by atoms with van der Waals surface area (Å²) in [6.07, 6.45) is 0. The van der Waals surface area contributed by atoms with Crippen molar-refractivity contribution >= 4 is 11.4 Å². The summed E-state index contributed by atoms with van der Waals surface area (Å²) in [6.45, 7) is 1.63. The summed E-state index contributed by atoms with van der Waals surface area (Å²) >= 11 is 0. The SMILES string of the molecule is CNc1c(F)cccc1C(C)=N. The molecule has 0 fully saturated rings. The van der Waals surface area contributed by atoms with Crippen molar-refractivity contribution in [3.63, 3.8) is 0 Å². The molecule has 0 heterocycles. The van der Waals surface area contributed by atoms with Crippen molar-refractivity contribution in [2.75, 3.05) is 12.4 Å². The first-order chi connectivity index (χ1) is 5.66. The molecule has 12 heavy (non-hydrogen) atoms. The fraction of sp³-hybridized carbons (Fsp3) is 0.222. The van der Waals surface area contributed by atoms with Crippen molar-refractivity contribution in [1.82, 2.24) is 0 Å². The van der Waals surface area contributed by atoms with Gasteiger partial charge in [-0.15, -0.1) is 0 Å². The fourth-order valence-corrected chi connectivity index (χ4v) is 1.09. The Morgan fingerprint density at radius 2 is 2.17 bits per heavy atom. The third-order valence-electron chi connectivity index (χ3n) is 1.67. The van der Waals surface area contributed by atoms with Crippen LogP contribution in [0.25, 0.3) is 0 Å². The fourth-order valence-electron chi connectivity index (χ4n) is 1.09. The molecule has 0 aromatic heterocycles. The Morgan fingerprint density at radius 3 is 2.58 bits per heavy atom. The largest absolute Gasteiger partial charge is 0.385 e. The molecule has 0 radical (unpaired) electrons. The van der Waals surface area contributed by atoms with Crippen molar-refractivity contribution in [1.29, 1.82) is 5.41 Å². The zero-order chi connectivity index (χ0) is 9.14. The average Bonchev–Trinajstić information content (AvgIpc) is 2.03. The molecule has 1 aromatic rings. The van der Waals surface area contributed by atoms with E-state index < -0.39 is 0 Å². The minimum atomic E-state index is -0.318. The highest BCUT2D eigenvalue weighted by molar-refractivity contribution is 6.01. The van der Waals surface area contributed by atoms with Crippen LogP contribution in [0.5, 0.6) is 0 Å². The molecule has 2 nitrogen and oxygen atoms in total. The number of para-hydroxylation sites is 1. The maximum Gasteiger partial charge on any atom is 0.146 e. The van der Waals surface area contributed by atoms with E-state index in [0.717, 1.165) is 0 Å². The Bertz CT molecular complexity index is 307. The normalized spacial score (nSPS) is 9.58. The Morgan fingerprint density at radius 1 is 1.50 bits per heavy atom. The van der Waals surface area contributed by atoms with E-state index in [2.05, 4.69) is 5.32 Å². The van der Waals surface area contributed by atoms with E-state index in [9.17, 15) is 4.39 Å².